The van der Waals surface area contributed by atoms with Crippen molar-refractivity contribution in [3.05, 3.63) is 47.5 Å². The van der Waals surface area contributed by atoms with Crippen molar-refractivity contribution in [2.75, 3.05) is 0 Å². The summed E-state index contributed by atoms with van der Waals surface area (Å²) in [6.07, 6.45) is 3.99. The lowest BCUT2D eigenvalue weighted by Gasteiger charge is -2.26. The Morgan fingerprint density at radius 1 is 1.00 bits per heavy atom. The van der Waals surface area contributed by atoms with Crippen LogP contribution in [-0.2, 0) is 6.54 Å². The summed E-state index contributed by atoms with van der Waals surface area (Å²) in [6, 6.07) is 13.9. The van der Waals surface area contributed by atoms with Crippen LogP contribution in [0.4, 0.5) is 0 Å². The van der Waals surface area contributed by atoms with Crippen LogP contribution in [0.2, 0.25) is 0 Å². The van der Waals surface area contributed by atoms with E-state index in [2.05, 4.69) is 48.6 Å². The fourth-order valence-electron chi connectivity index (χ4n) is 3.07. The van der Waals surface area contributed by atoms with Gasteiger partial charge in [0.25, 0.3) is 0 Å². The quantitative estimate of drug-likeness (QED) is 0.893. The van der Waals surface area contributed by atoms with Gasteiger partial charge < -0.3 is 10.4 Å². The van der Waals surface area contributed by atoms with E-state index < -0.39 is 0 Å². The molecular weight excluding hydrogens is 246 g/mol. The van der Waals surface area contributed by atoms with Crippen LogP contribution < -0.4 is 5.32 Å². The van der Waals surface area contributed by atoms with Gasteiger partial charge in [0.2, 0.25) is 0 Å². The van der Waals surface area contributed by atoms with Crippen molar-refractivity contribution in [2.45, 2.75) is 51.3 Å². The Morgan fingerprint density at radius 3 is 2.50 bits per heavy atom. The third-order valence-electron chi connectivity index (χ3n) is 4.35. The van der Waals surface area contributed by atoms with Crippen LogP contribution in [0, 0.1) is 6.92 Å². The molecule has 0 amide bonds. The number of aliphatic hydroxyl groups is 1. The predicted octanol–water partition coefficient (Wildman–Crippen LogP) is 3.54. The average molecular weight is 269 g/mol. The third kappa shape index (κ3) is 3.20. The minimum absolute atomic E-state index is 0.0723. The normalized spacial score (nSPS) is 23.1. The molecule has 0 aliphatic heterocycles. The highest BCUT2D eigenvalue weighted by atomic mass is 16.3. The molecule has 2 aromatic carbocycles. The molecule has 106 valence electrons. The summed E-state index contributed by atoms with van der Waals surface area (Å²) in [5, 5.41) is 15.8. The molecule has 20 heavy (non-hydrogen) atoms. The van der Waals surface area contributed by atoms with E-state index in [-0.39, 0.29) is 6.10 Å². The molecular formula is C18H23NO. The van der Waals surface area contributed by atoms with Crippen molar-refractivity contribution in [2.24, 2.45) is 0 Å². The molecule has 2 aromatic rings. The van der Waals surface area contributed by atoms with E-state index in [1.807, 2.05) is 0 Å². The fraction of sp³-hybridized carbons (Fsp3) is 0.444. The van der Waals surface area contributed by atoms with E-state index in [4.69, 9.17) is 0 Å². The first-order valence-corrected chi connectivity index (χ1v) is 7.61. The van der Waals surface area contributed by atoms with Gasteiger partial charge in [-0.05, 0) is 55.0 Å². The number of fused-ring (bicyclic) bond motifs is 1. The monoisotopic (exact) mass is 269 g/mol. The maximum atomic E-state index is 9.53. The van der Waals surface area contributed by atoms with Gasteiger partial charge in [-0.25, -0.2) is 0 Å². The van der Waals surface area contributed by atoms with Crippen molar-refractivity contribution in [3.8, 4) is 0 Å². The highest BCUT2D eigenvalue weighted by Gasteiger charge is 2.18. The van der Waals surface area contributed by atoms with Crippen molar-refractivity contribution >= 4 is 10.8 Å². The van der Waals surface area contributed by atoms with Crippen LogP contribution in [0.3, 0.4) is 0 Å². The summed E-state index contributed by atoms with van der Waals surface area (Å²) < 4.78 is 0. The van der Waals surface area contributed by atoms with E-state index in [0.29, 0.717) is 6.04 Å². The predicted molar refractivity (Wildman–Crippen MR) is 83.8 cm³/mol. The summed E-state index contributed by atoms with van der Waals surface area (Å²) in [6.45, 7) is 3.05. The van der Waals surface area contributed by atoms with Crippen molar-refractivity contribution in [1.29, 1.82) is 0 Å². The van der Waals surface area contributed by atoms with Crippen LogP contribution >= 0.6 is 0 Å². The Bertz CT molecular complexity index is 585. The second-order valence-electron chi connectivity index (χ2n) is 6.07. The SMILES string of the molecule is Cc1ccc2cc(CNC3CCC(O)CC3)ccc2c1. The second-order valence-corrected chi connectivity index (χ2v) is 6.07. The molecule has 0 atom stereocenters. The maximum absolute atomic E-state index is 9.53. The summed E-state index contributed by atoms with van der Waals surface area (Å²) in [4.78, 5) is 0. The van der Waals surface area contributed by atoms with E-state index >= 15 is 0 Å². The van der Waals surface area contributed by atoms with Gasteiger partial charge in [0.05, 0.1) is 6.10 Å². The zero-order valence-corrected chi connectivity index (χ0v) is 12.1. The lowest BCUT2D eigenvalue weighted by molar-refractivity contribution is 0.116. The first-order valence-electron chi connectivity index (χ1n) is 7.61. The highest BCUT2D eigenvalue weighted by Crippen LogP contribution is 2.20. The van der Waals surface area contributed by atoms with Crippen molar-refractivity contribution in [3.63, 3.8) is 0 Å². The summed E-state index contributed by atoms with van der Waals surface area (Å²) in [7, 11) is 0. The lowest BCUT2D eigenvalue weighted by atomic mass is 9.93. The van der Waals surface area contributed by atoms with Crippen LogP contribution in [0.1, 0.15) is 36.8 Å². The van der Waals surface area contributed by atoms with Gasteiger partial charge in [-0.2, -0.15) is 0 Å². The number of aliphatic hydroxyl groups excluding tert-OH is 1. The number of rotatable bonds is 3. The zero-order valence-electron chi connectivity index (χ0n) is 12.1. The zero-order chi connectivity index (χ0) is 13.9. The molecule has 0 spiro atoms. The van der Waals surface area contributed by atoms with E-state index in [1.54, 1.807) is 0 Å². The molecule has 1 aliphatic rings. The second kappa shape index (κ2) is 5.94. The van der Waals surface area contributed by atoms with Gasteiger partial charge >= 0.3 is 0 Å². The van der Waals surface area contributed by atoms with Gasteiger partial charge in [0.1, 0.15) is 0 Å². The molecule has 1 fully saturated rings. The van der Waals surface area contributed by atoms with Crippen LogP contribution in [-0.4, -0.2) is 17.3 Å². The molecule has 0 bridgehead atoms. The Morgan fingerprint density at radius 2 is 1.70 bits per heavy atom. The first kappa shape index (κ1) is 13.6. The molecule has 0 radical (unpaired) electrons. The van der Waals surface area contributed by atoms with Crippen LogP contribution in [0.15, 0.2) is 36.4 Å². The number of hydrogen-bond acceptors (Lipinski definition) is 2. The Labute approximate surface area is 120 Å². The number of hydrogen-bond donors (Lipinski definition) is 2. The summed E-state index contributed by atoms with van der Waals surface area (Å²) in [5.74, 6) is 0. The molecule has 3 rings (SSSR count). The molecule has 1 saturated carbocycles. The van der Waals surface area contributed by atoms with Gasteiger partial charge in [0, 0.05) is 12.6 Å². The number of aryl methyl sites for hydroxylation is 1. The summed E-state index contributed by atoms with van der Waals surface area (Å²) >= 11 is 0. The van der Waals surface area contributed by atoms with Crippen LogP contribution in [0.25, 0.3) is 10.8 Å². The fourth-order valence-corrected chi connectivity index (χ4v) is 3.07. The van der Waals surface area contributed by atoms with Gasteiger partial charge in [-0.3, -0.25) is 0 Å². The molecule has 2 heteroatoms. The lowest BCUT2D eigenvalue weighted by Crippen LogP contribution is -2.34. The van der Waals surface area contributed by atoms with E-state index in [1.165, 1.54) is 21.9 Å². The topological polar surface area (TPSA) is 32.3 Å². The smallest absolute Gasteiger partial charge is 0.0541 e. The van der Waals surface area contributed by atoms with Crippen LogP contribution in [0.5, 0.6) is 0 Å². The van der Waals surface area contributed by atoms with Gasteiger partial charge in [0.15, 0.2) is 0 Å². The molecule has 0 aromatic heterocycles. The molecule has 2 N–H and O–H groups in total. The van der Waals surface area contributed by atoms with Gasteiger partial charge in [-0.15, -0.1) is 0 Å². The summed E-state index contributed by atoms with van der Waals surface area (Å²) in [5.41, 5.74) is 2.65. The highest BCUT2D eigenvalue weighted by molar-refractivity contribution is 5.83. The molecule has 0 unspecified atom stereocenters. The Hall–Kier alpha value is -1.38. The number of nitrogens with one attached hydrogen (secondary N) is 1. The molecule has 2 nitrogen and oxygen atoms in total. The Kier molecular flexibility index (Phi) is 4.04. The molecule has 0 heterocycles. The van der Waals surface area contributed by atoms with E-state index in [9.17, 15) is 5.11 Å². The maximum Gasteiger partial charge on any atom is 0.0541 e. The standard InChI is InChI=1S/C18H23NO/c1-13-2-4-16-11-14(3-5-15(16)10-13)12-19-17-6-8-18(20)9-7-17/h2-5,10-11,17-20H,6-9,12H2,1H3. The average Bonchev–Trinajstić information content (AvgIpc) is 2.46. The van der Waals surface area contributed by atoms with E-state index in [0.717, 1.165) is 32.2 Å². The Balaban J connectivity index is 1.64. The molecule has 0 saturated heterocycles. The minimum atomic E-state index is -0.0723. The largest absolute Gasteiger partial charge is 0.393 e. The first-order chi connectivity index (χ1) is 9.70. The minimum Gasteiger partial charge on any atom is -0.393 e. The molecule has 1 aliphatic carbocycles. The van der Waals surface area contributed by atoms with Crippen molar-refractivity contribution in [1.82, 2.24) is 5.32 Å². The third-order valence-corrected chi connectivity index (χ3v) is 4.35. The van der Waals surface area contributed by atoms with Gasteiger partial charge in [-0.1, -0.05) is 35.9 Å². The number of benzene rings is 2. The van der Waals surface area contributed by atoms with Crippen molar-refractivity contribution < 1.29 is 5.11 Å².